The van der Waals surface area contributed by atoms with E-state index in [2.05, 4.69) is 24.5 Å². The van der Waals surface area contributed by atoms with E-state index >= 15 is 0 Å². The van der Waals surface area contributed by atoms with Crippen molar-refractivity contribution < 1.29 is 9.53 Å². The molecule has 4 nitrogen and oxygen atoms in total. The minimum absolute atomic E-state index is 0. The molecule has 2 fully saturated rings. The van der Waals surface area contributed by atoms with Crippen LogP contribution >= 0.6 is 12.4 Å². The number of fused-ring (bicyclic) bond motifs is 2. The van der Waals surface area contributed by atoms with Crippen LogP contribution in [-0.4, -0.2) is 24.1 Å². The Labute approximate surface area is 151 Å². The van der Waals surface area contributed by atoms with Gasteiger partial charge in [-0.2, -0.15) is 0 Å². The van der Waals surface area contributed by atoms with Crippen LogP contribution in [-0.2, 0) is 4.79 Å². The smallest absolute Gasteiger partial charge is 0.224 e. The zero-order valence-corrected chi connectivity index (χ0v) is 15.4. The Morgan fingerprint density at radius 2 is 1.88 bits per heavy atom. The molecule has 0 spiro atoms. The number of piperidine rings is 1. The van der Waals surface area contributed by atoms with Gasteiger partial charge in [-0.05, 0) is 69.2 Å². The Hall–Kier alpha value is -1.26. The van der Waals surface area contributed by atoms with Crippen molar-refractivity contribution in [2.75, 3.05) is 5.32 Å². The fraction of sp³-hybridized carbons (Fsp3) is 0.632. The Kier molecular flexibility index (Phi) is 6.93. The van der Waals surface area contributed by atoms with Crippen LogP contribution in [0.2, 0.25) is 0 Å². The summed E-state index contributed by atoms with van der Waals surface area (Å²) in [7, 11) is 0. The van der Waals surface area contributed by atoms with Gasteiger partial charge in [0.05, 0.1) is 6.10 Å². The van der Waals surface area contributed by atoms with Gasteiger partial charge in [-0.3, -0.25) is 4.79 Å². The molecule has 2 aliphatic rings. The quantitative estimate of drug-likeness (QED) is 0.808. The van der Waals surface area contributed by atoms with Crippen molar-refractivity contribution in [1.29, 1.82) is 0 Å². The van der Waals surface area contributed by atoms with Crippen LogP contribution < -0.4 is 15.4 Å². The molecule has 2 bridgehead atoms. The predicted molar refractivity (Wildman–Crippen MR) is 100.0 cm³/mol. The average molecular weight is 353 g/mol. The van der Waals surface area contributed by atoms with E-state index in [1.54, 1.807) is 0 Å². The lowest BCUT2D eigenvalue weighted by atomic mass is 9.89. The van der Waals surface area contributed by atoms with E-state index in [1.165, 1.54) is 12.8 Å². The van der Waals surface area contributed by atoms with Gasteiger partial charge in [0.2, 0.25) is 5.91 Å². The number of hydrogen-bond acceptors (Lipinski definition) is 3. The first-order valence-electron chi connectivity index (χ1n) is 8.95. The van der Waals surface area contributed by atoms with E-state index in [9.17, 15) is 4.79 Å². The number of halogens is 1. The maximum absolute atomic E-state index is 12.3. The van der Waals surface area contributed by atoms with E-state index in [4.69, 9.17) is 4.74 Å². The number of amides is 1. The van der Waals surface area contributed by atoms with Crippen LogP contribution in [0.4, 0.5) is 5.69 Å². The van der Waals surface area contributed by atoms with Crippen molar-refractivity contribution in [3.8, 4) is 5.75 Å². The molecular formula is C19H29ClN2O2. The van der Waals surface area contributed by atoms with Crippen LogP contribution in [0.3, 0.4) is 0 Å². The molecule has 3 atom stereocenters. The SMILES string of the molecule is CCC(C)Oc1ccc(NC(=O)CC2CC3CCC(C2)N3)cc1.Cl. The highest BCUT2D eigenvalue weighted by Crippen LogP contribution is 2.32. The summed E-state index contributed by atoms with van der Waals surface area (Å²) in [5.41, 5.74) is 0.850. The minimum Gasteiger partial charge on any atom is -0.491 e. The molecule has 0 aliphatic carbocycles. The van der Waals surface area contributed by atoms with E-state index in [0.717, 1.165) is 30.7 Å². The standard InChI is InChI=1S/C19H28N2O2.ClH/c1-3-13(2)23-18-8-6-15(7-9-18)21-19(22)12-14-10-16-4-5-17(11-14)20-16;/h6-9,13-14,16-17,20H,3-5,10-12H2,1-2H3,(H,21,22);1H. The molecule has 1 amide bonds. The number of ether oxygens (including phenoxy) is 1. The number of carbonyl (C=O) groups is 1. The zero-order chi connectivity index (χ0) is 16.2. The topological polar surface area (TPSA) is 50.4 Å². The minimum atomic E-state index is 0. The number of carbonyl (C=O) groups excluding carboxylic acids is 1. The van der Waals surface area contributed by atoms with Gasteiger partial charge in [0.25, 0.3) is 0 Å². The van der Waals surface area contributed by atoms with Crippen LogP contribution in [0, 0.1) is 5.92 Å². The number of anilines is 1. The third kappa shape index (κ3) is 5.12. The second-order valence-corrected chi connectivity index (χ2v) is 7.09. The van der Waals surface area contributed by atoms with Gasteiger partial charge in [-0.15, -0.1) is 12.4 Å². The highest BCUT2D eigenvalue weighted by Gasteiger charge is 2.34. The van der Waals surface area contributed by atoms with Crippen molar-refractivity contribution in [2.45, 2.75) is 70.6 Å². The van der Waals surface area contributed by atoms with E-state index < -0.39 is 0 Å². The molecule has 0 radical (unpaired) electrons. The molecule has 0 saturated carbocycles. The second-order valence-electron chi connectivity index (χ2n) is 7.09. The Morgan fingerprint density at radius 1 is 1.25 bits per heavy atom. The van der Waals surface area contributed by atoms with Crippen LogP contribution in [0.1, 0.15) is 52.4 Å². The molecule has 2 saturated heterocycles. The Balaban J connectivity index is 0.00000208. The summed E-state index contributed by atoms with van der Waals surface area (Å²) in [5, 5.41) is 6.64. The van der Waals surface area contributed by atoms with Gasteiger partial charge in [0.1, 0.15) is 5.75 Å². The summed E-state index contributed by atoms with van der Waals surface area (Å²) in [6.07, 6.45) is 6.68. The molecule has 134 valence electrons. The van der Waals surface area contributed by atoms with Crippen LogP contribution in [0.25, 0.3) is 0 Å². The Morgan fingerprint density at radius 3 is 2.46 bits per heavy atom. The second kappa shape index (κ2) is 8.72. The molecule has 24 heavy (non-hydrogen) atoms. The van der Waals surface area contributed by atoms with E-state index in [-0.39, 0.29) is 24.4 Å². The molecule has 2 aliphatic heterocycles. The van der Waals surface area contributed by atoms with Gasteiger partial charge in [0.15, 0.2) is 0 Å². The first kappa shape index (κ1) is 19.1. The number of hydrogen-bond donors (Lipinski definition) is 2. The fourth-order valence-electron chi connectivity index (χ4n) is 3.75. The monoisotopic (exact) mass is 352 g/mol. The van der Waals surface area contributed by atoms with Gasteiger partial charge >= 0.3 is 0 Å². The van der Waals surface area contributed by atoms with Gasteiger partial charge in [0, 0.05) is 24.2 Å². The van der Waals surface area contributed by atoms with Crippen molar-refractivity contribution in [3.05, 3.63) is 24.3 Å². The fourth-order valence-corrected chi connectivity index (χ4v) is 3.75. The molecule has 1 aromatic carbocycles. The third-order valence-corrected chi connectivity index (χ3v) is 5.10. The molecule has 3 rings (SSSR count). The van der Waals surface area contributed by atoms with E-state index in [0.29, 0.717) is 24.4 Å². The van der Waals surface area contributed by atoms with Gasteiger partial charge in [-0.25, -0.2) is 0 Å². The zero-order valence-electron chi connectivity index (χ0n) is 14.6. The van der Waals surface area contributed by atoms with Crippen LogP contribution in [0.5, 0.6) is 5.75 Å². The lowest BCUT2D eigenvalue weighted by Gasteiger charge is -2.28. The first-order chi connectivity index (χ1) is 11.1. The van der Waals surface area contributed by atoms with E-state index in [1.807, 2.05) is 24.3 Å². The van der Waals surface area contributed by atoms with Crippen molar-refractivity contribution in [3.63, 3.8) is 0 Å². The number of rotatable bonds is 6. The number of benzene rings is 1. The average Bonchev–Trinajstić information content (AvgIpc) is 2.88. The highest BCUT2D eigenvalue weighted by molar-refractivity contribution is 5.90. The molecule has 0 aromatic heterocycles. The molecular weight excluding hydrogens is 324 g/mol. The largest absolute Gasteiger partial charge is 0.491 e. The third-order valence-electron chi connectivity index (χ3n) is 5.10. The van der Waals surface area contributed by atoms with Gasteiger partial charge in [-0.1, -0.05) is 6.92 Å². The summed E-state index contributed by atoms with van der Waals surface area (Å²) >= 11 is 0. The normalized spacial score (nSPS) is 26.3. The van der Waals surface area contributed by atoms with Crippen LogP contribution in [0.15, 0.2) is 24.3 Å². The first-order valence-corrected chi connectivity index (χ1v) is 8.95. The summed E-state index contributed by atoms with van der Waals surface area (Å²) in [6, 6.07) is 8.97. The molecule has 5 heteroatoms. The number of nitrogens with one attached hydrogen (secondary N) is 2. The maximum atomic E-state index is 12.3. The summed E-state index contributed by atoms with van der Waals surface area (Å²) in [5.74, 6) is 1.51. The molecule has 2 heterocycles. The molecule has 1 aromatic rings. The summed E-state index contributed by atoms with van der Waals surface area (Å²) in [4.78, 5) is 12.3. The van der Waals surface area contributed by atoms with Crippen molar-refractivity contribution in [1.82, 2.24) is 5.32 Å². The van der Waals surface area contributed by atoms with Gasteiger partial charge < -0.3 is 15.4 Å². The predicted octanol–water partition coefficient (Wildman–Crippen LogP) is 4.14. The highest BCUT2D eigenvalue weighted by atomic mass is 35.5. The lowest BCUT2D eigenvalue weighted by Crippen LogP contribution is -2.39. The van der Waals surface area contributed by atoms with Crippen molar-refractivity contribution in [2.24, 2.45) is 5.92 Å². The maximum Gasteiger partial charge on any atom is 0.224 e. The lowest BCUT2D eigenvalue weighted by molar-refractivity contribution is -0.117. The molecule has 2 N–H and O–H groups in total. The molecule has 3 unspecified atom stereocenters. The Bertz CT molecular complexity index is 523. The summed E-state index contributed by atoms with van der Waals surface area (Å²) < 4.78 is 5.76. The summed E-state index contributed by atoms with van der Waals surface area (Å²) in [6.45, 7) is 4.16. The van der Waals surface area contributed by atoms with Crippen molar-refractivity contribution >= 4 is 24.0 Å².